The molecule has 2 aromatic carbocycles. The zero-order valence-electron chi connectivity index (χ0n) is 24.3. The van der Waals surface area contributed by atoms with Crippen LogP contribution in [0.15, 0.2) is 65.7 Å². The molecule has 0 heterocycles. The highest BCUT2D eigenvalue weighted by molar-refractivity contribution is 5.95. The molecule has 0 aliphatic heterocycles. The first-order valence-corrected chi connectivity index (χ1v) is 15.4. The quantitative estimate of drug-likeness (QED) is 0.207. The summed E-state index contributed by atoms with van der Waals surface area (Å²) in [4.78, 5) is 30.2. The molecular formula is C33H48N6O2. The Kier molecular flexibility index (Phi) is 12.0. The van der Waals surface area contributed by atoms with Gasteiger partial charge < -0.3 is 22.1 Å². The van der Waals surface area contributed by atoms with Gasteiger partial charge in [-0.25, -0.2) is 4.79 Å². The summed E-state index contributed by atoms with van der Waals surface area (Å²) in [5, 5.41) is 8.88. The summed E-state index contributed by atoms with van der Waals surface area (Å²) in [7, 11) is 0. The number of nitrogens with zero attached hydrogens (tertiary/aromatic N) is 1. The van der Waals surface area contributed by atoms with Gasteiger partial charge >= 0.3 is 6.03 Å². The van der Waals surface area contributed by atoms with E-state index in [1.54, 1.807) is 0 Å². The van der Waals surface area contributed by atoms with Gasteiger partial charge in [-0.2, -0.15) is 0 Å². The smallest absolute Gasteiger partial charge is 0.321 e. The number of urea groups is 1. The molecule has 2 saturated carbocycles. The van der Waals surface area contributed by atoms with Crippen molar-refractivity contribution in [1.82, 2.24) is 16.0 Å². The van der Waals surface area contributed by atoms with Crippen LogP contribution in [0, 0.1) is 23.7 Å². The van der Waals surface area contributed by atoms with E-state index in [1.165, 1.54) is 12.8 Å². The van der Waals surface area contributed by atoms with Gasteiger partial charge in [0.05, 0.1) is 5.92 Å². The Labute approximate surface area is 245 Å². The number of guanidine groups is 1. The van der Waals surface area contributed by atoms with Crippen LogP contribution in [0.3, 0.4) is 0 Å². The van der Waals surface area contributed by atoms with Crippen molar-refractivity contribution in [2.24, 2.45) is 40.1 Å². The molecule has 222 valence electrons. The van der Waals surface area contributed by atoms with E-state index < -0.39 is 0 Å². The predicted octanol–water partition coefficient (Wildman–Crippen LogP) is 4.31. The fourth-order valence-corrected chi connectivity index (χ4v) is 6.49. The lowest BCUT2D eigenvalue weighted by molar-refractivity contribution is -0.122. The molecule has 0 radical (unpaired) electrons. The van der Waals surface area contributed by atoms with Crippen LogP contribution < -0.4 is 27.4 Å². The molecule has 2 aromatic rings. The highest BCUT2D eigenvalue weighted by atomic mass is 16.2. The maximum atomic E-state index is 13.4. The molecule has 4 rings (SSSR count). The Morgan fingerprint density at radius 2 is 1.39 bits per heavy atom. The molecule has 5 unspecified atom stereocenters. The molecule has 3 amide bonds. The molecule has 0 saturated heterocycles. The molecular weight excluding hydrogens is 512 g/mol. The summed E-state index contributed by atoms with van der Waals surface area (Å²) in [6.07, 6.45) is 9.51. The van der Waals surface area contributed by atoms with Crippen molar-refractivity contribution in [3.05, 3.63) is 71.8 Å². The van der Waals surface area contributed by atoms with Crippen molar-refractivity contribution in [2.45, 2.75) is 63.7 Å². The molecule has 2 aliphatic carbocycles. The third-order valence-corrected chi connectivity index (χ3v) is 8.79. The van der Waals surface area contributed by atoms with Crippen molar-refractivity contribution in [1.29, 1.82) is 0 Å². The van der Waals surface area contributed by atoms with Gasteiger partial charge in [0, 0.05) is 19.6 Å². The first kappa shape index (κ1) is 30.6. The van der Waals surface area contributed by atoms with E-state index in [1.807, 2.05) is 48.5 Å². The predicted molar refractivity (Wildman–Crippen MR) is 165 cm³/mol. The van der Waals surface area contributed by atoms with Gasteiger partial charge in [-0.3, -0.25) is 15.1 Å². The number of carbonyl (C=O) groups is 2. The summed E-state index contributed by atoms with van der Waals surface area (Å²) in [5.74, 6) is 1.85. The number of nitrogens with one attached hydrogen (secondary N) is 3. The van der Waals surface area contributed by atoms with Gasteiger partial charge in [0.2, 0.25) is 5.91 Å². The van der Waals surface area contributed by atoms with Gasteiger partial charge in [-0.1, -0.05) is 73.5 Å². The summed E-state index contributed by atoms with van der Waals surface area (Å²) in [6.45, 7) is 2.61. The van der Waals surface area contributed by atoms with E-state index in [-0.39, 0.29) is 23.8 Å². The molecule has 0 bridgehead atoms. The molecule has 2 aliphatic rings. The minimum Gasteiger partial charge on any atom is -0.370 e. The van der Waals surface area contributed by atoms with Crippen LogP contribution in [0.1, 0.15) is 68.4 Å². The Morgan fingerprint density at radius 3 is 2.07 bits per heavy atom. The normalized spacial score (nSPS) is 23.8. The lowest BCUT2D eigenvalue weighted by atomic mass is 9.81. The highest BCUT2D eigenvalue weighted by Gasteiger charge is 2.26. The topological polar surface area (TPSA) is 135 Å². The third-order valence-electron chi connectivity index (χ3n) is 8.79. The van der Waals surface area contributed by atoms with Crippen LogP contribution in [0.25, 0.3) is 0 Å². The summed E-state index contributed by atoms with van der Waals surface area (Å²) in [5.41, 5.74) is 14.1. The van der Waals surface area contributed by atoms with Crippen molar-refractivity contribution in [2.75, 3.05) is 26.2 Å². The maximum absolute atomic E-state index is 13.4. The molecule has 8 nitrogen and oxygen atoms in total. The maximum Gasteiger partial charge on any atom is 0.321 e. The number of hydrogen-bond acceptors (Lipinski definition) is 4. The van der Waals surface area contributed by atoms with E-state index in [2.05, 4.69) is 33.1 Å². The lowest BCUT2D eigenvalue weighted by Crippen LogP contribution is -2.45. The van der Waals surface area contributed by atoms with Gasteiger partial charge in [-0.15, -0.1) is 0 Å². The van der Waals surface area contributed by atoms with Crippen molar-refractivity contribution < 1.29 is 9.59 Å². The second kappa shape index (κ2) is 16.2. The average molecular weight is 561 g/mol. The zero-order valence-corrected chi connectivity index (χ0v) is 24.3. The standard InChI is InChI=1S/C33H48N6O2/c34-20-25-11-7-12-26(17-25)23-38-33(41)39-32(35)37-22-28-14-8-13-27(18-28)21-36-31(40)30(29-15-5-2-6-16-29)19-24-9-3-1-4-10-24/h1-6,9-10,15-16,25-28,30H,7-8,11-14,17-23,34H2,(H,36,40)(H4,35,37,38,39,41). The molecule has 0 aromatic heterocycles. The Hall–Kier alpha value is -3.39. The first-order valence-electron chi connectivity index (χ1n) is 15.4. The van der Waals surface area contributed by atoms with E-state index in [4.69, 9.17) is 11.5 Å². The number of nitrogens with two attached hydrogens (primary N) is 2. The molecule has 41 heavy (non-hydrogen) atoms. The van der Waals surface area contributed by atoms with E-state index in [9.17, 15) is 9.59 Å². The first-order chi connectivity index (χ1) is 20.0. The number of hydrogen-bond donors (Lipinski definition) is 5. The second-order valence-electron chi connectivity index (χ2n) is 12.0. The van der Waals surface area contributed by atoms with Gasteiger partial charge in [-0.05, 0) is 86.3 Å². The Morgan fingerprint density at radius 1 is 0.805 bits per heavy atom. The van der Waals surface area contributed by atoms with E-state index in [0.29, 0.717) is 49.7 Å². The molecule has 0 spiro atoms. The van der Waals surface area contributed by atoms with Crippen LogP contribution >= 0.6 is 0 Å². The number of benzene rings is 2. The fourth-order valence-electron chi connectivity index (χ4n) is 6.49. The monoisotopic (exact) mass is 560 g/mol. The van der Waals surface area contributed by atoms with Crippen molar-refractivity contribution in [3.63, 3.8) is 0 Å². The second-order valence-corrected chi connectivity index (χ2v) is 12.0. The van der Waals surface area contributed by atoms with Crippen molar-refractivity contribution >= 4 is 17.9 Å². The molecule has 2 fully saturated rings. The van der Waals surface area contributed by atoms with E-state index in [0.717, 1.165) is 56.2 Å². The highest BCUT2D eigenvalue weighted by Crippen LogP contribution is 2.30. The van der Waals surface area contributed by atoms with Crippen LogP contribution in [-0.2, 0) is 11.2 Å². The number of aliphatic imine (C=N–C) groups is 1. The van der Waals surface area contributed by atoms with Crippen LogP contribution in [0.2, 0.25) is 0 Å². The number of carbonyl (C=O) groups excluding carboxylic acids is 2. The zero-order chi connectivity index (χ0) is 28.9. The summed E-state index contributed by atoms with van der Waals surface area (Å²) < 4.78 is 0. The molecule has 5 atom stereocenters. The van der Waals surface area contributed by atoms with E-state index >= 15 is 0 Å². The minimum absolute atomic E-state index is 0.0754. The van der Waals surface area contributed by atoms with Gasteiger partial charge in [0.1, 0.15) is 0 Å². The van der Waals surface area contributed by atoms with Gasteiger partial charge in [0.15, 0.2) is 5.96 Å². The summed E-state index contributed by atoms with van der Waals surface area (Å²) in [6, 6.07) is 19.9. The summed E-state index contributed by atoms with van der Waals surface area (Å²) >= 11 is 0. The van der Waals surface area contributed by atoms with Crippen LogP contribution in [0.5, 0.6) is 0 Å². The van der Waals surface area contributed by atoms with Crippen LogP contribution in [0.4, 0.5) is 4.79 Å². The number of amides is 3. The largest absolute Gasteiger partial charge is 0.370 e. The minimum atomic E-state index is -0.297. The fraction of sp³-hybridized carbons (Fsp3) is 0.545. The SMILES string of the molecule is NCC1CCCC(CNC(=O)NC(N)=NCC2CCCC(CNC(=O)C(Cc3ccccc3)c3ccccc3)C2)C1. The third kappa shape index (κ3) is 10.2. The number of rotatable bonds is 11. The lowest BCUT2D eigenvalue weighted by Gasteiger charge is -2.29. The molecule has 7 N–H and O–H groups in total. The van der Waals surface area contributed by atoms with Crippen LogP contribution in [-0.4, -0.2) is 44.1 Å². The Balaban J connectivity index is 1.20. The molecule has 8 heteroatoms. The van der Waals surface area contributed by atoms with Gasteiger partial charge in [0.25, 0.3) is 0 Å². The van der Waals surface area contributed by atoms with Crippen molar-refractivity contribution in [3.8, 4) is 0 Å². The average Bonchev–Trinajstić information content (AvgIpc) is 3.01. The Bertz CT molecular complexity index is 1110.